The minimum atomic E-state index is -4.53. The molecule has 0 N–H and O–H groups in total. The minimum absolute atomic E-state index is 0.0481. The molecule has 0 saturated heterocycles. The molecule has 1 rings (SSSR count). The van der Waals surface area contributed by atoms with Crippen LogP contribution >= 0.6 is 15.9 Å². The summed E-state index contributed by atoms with van der Waals surface area (Å²) in [5.74, 6) is -1.24. The van der Waals surface area contributed by atoms with Crippen molar-refractivity contribution in [3.8, 4) is 5.75 Å². The quantitative estimate of drug-likeness (QED) is 0.609. The maximum atomic E-state index is 12.7. The van der Waals surface area contributed by atoms with Crippen molar-refractivity contribution in [2.24, 2.45) is 0 Å². The van der Waals surface area contributed by atoms with Gasteiger partial charge in [0.05, 0.1) is 12.2 Å². The van der Waals surface area contributed by atoms with Crippen molar-refractivity contribution in [3.63, 3.8) is 0 Å². The van der Waals surface area contributed by atoms with Gasteiger partial charge < -0.3 is 4.74 Å². The molecule has 0 aliphatic rings. The number of rotatable bonds is 3. The molecule has 0 aliphatic carbocycles. The molecule has 0 aliphatic heterocycles. The highest BCUT2D eigenvalue weighted by molar-refractivity contribution is 9.09. The lowest BCUT2D eigenvalue weighted by atomic mass is 10.2. The van der Waals surface area contributed by atoms with Gasteiger partial charge >= 0.3 is 6.18 Å². The largest absolute Gasteiger partial charge is 0.492 e. The summed E-state index contributed by atoms with van der Waals surface area (Å²) in [7, 11) is 0. The van der Waals surface area contributed by atoms with Crippen LogP contribution in [-0.2, 0) is 6.18 Å². The fourth-order valence-corrected chi connectivity index (χ4v) is 1.16. The fraction of sp³-hybridized carbons (Fsp3) is 0.333. The SMILES string of the molecule is Fc1ccc(C(F)(F)F)c(OCCBr)c1. The first-order valence-corrected chi connectivity index (χ1v) is 5.13. The van der Waals surface area contributed by atoms with E-state index in [1.165, 1.54) is 0 Å². The van der Waals surface area contributed by atoms with Crippen LogP contribution in [0.4, 0.5) is 17.6 Å². The van der Waals surface area contributed by atoms with Crippen LogP contribution in [0.3, 0.4) is 0 Å². The Kier molecular flexibility index (Phi) is 3.96. The molecule has 6 heteroatoms. The first-order chi connectivity index (χ1) is 6.95. The van der Waals surface area contributed by atoms with Crippen LogP contribution in [0.5, 0.6) is 5.75 Å². The third-order valence-electron chi connectivity index (χ3n) is 1.58. The van der Waals surface area contributed by atoms with E-state index in [4.69, 9.17) is 4.74 Å². The Balaban J connectivity index is 3.03. The summed E-state index contributed by atoms with van der Waals surface area (Å²) in [6, 6.07) is 2.15. The standard InChI is InChI=1S/C9H7BrF4O/c10-3-4-15-8-5-6(11)1-2-7(8)9(12,13)14/h1-2,5H,3-4H2. The second kappa shape index (κ2) is 4.83. The Labute approximate surface area is 92.2 Å². The van der Waals surface area contributed by atoms with E-state index in [0.717, 1.165) is 12.1 Å². The molecule has 0 unspecified atom stereocenters. The molecular formula is C9H7BrF4O. The lowest BCUT2D eigenvalue weighted by molar-refractivity contribution is -0.138. The van der Waals surface area contributed by atoms with Crippen LogP contribution in [0, 0.1) is 5.82 Å². The molecule has 0 amide bonds. The first-order valence-electron chi connectivity index (χ1n) is 4.00. The Morgan fingerprint density at radius 1 is 1.27 bits per heavy atom. The van der Waals surface area contributed by atoms with Gasteiger partial charge in [0, 0.05) is 11.4 Å². The van der Waals surface area contributed by atoms with Crippen molar-refractivity contribution in [2.75, 3.05) is 11.9 Å². The molecular weight excluding hydrogens is 280 g/mol. The second-order valence-electron chi connectivity index (χ2n) is 2.68. The molecule has 1 aromatic rings. The lowest BCUT2D eigenvalue weighted by Gasteiger charge is -2.13. The second-order valence-corrected chi connectivity index (χ2v) is 3.47. The normalized spacial score (nSPS) is 11.5. The van der Waals surface area contributed by atoms with Crippen molar-refractivity contribution in [1.29, 1.82) is 0 Å². The van der Waals surface area contributed by atoms with Gasteiger partial charge in [-0.25, -0.2) is 4.39 Å². The maximum absolute atomic E-state index is 12.7. The highest BCUT2D eigenvalue weighted by Gasteiger charge is 2.34. The molecule has 84 valence electrons. The predicted molar refractivity (Wildman–Crippen MR) is 50.7 cm³/mol. The summed E-state index contributed by atoms with van der Waals surface area (Å²) in [6.07, 6.45) is -4.53. The summed E-state index contributed by atoms with van der Waals surface area (Å²) >= 11 is 3.00. The highest BCUT2D eigenvalue weighted by atomic mass is 79.9. The molecule has 1 nitrogen and oxygen atoms in total. The van der Waals surface area contributed by atoms with Gasteiger partial charge in [0.2, 0.25) is 0 Å². The average Bonchev–Trinajstić information content (AvgIpc) is 2.12. The van der Waals surface area contributed by atoms with Crippen molar-refractivity contribution in [3.05, 3.63) is 29.6 Å². The summed E-state index contributed by atoms with van der Waals surface area (Å²) in [5, 5.41) is 0.376. The molecule has 0 heterocycles. The number of hydrogen-bond acceptors (Lipinski definition) is 1. The molecule has 0 spiro atoms. The molecule has 15 heavy (non-hydrogen) atoms. The Morgan fingerprint density at radius 2 is 1.93 bits per heavy atom. The first kappa shape index (κ1) is 12.3. The van der Waals surface area contributed by atoms with Crippen LogP contribution in [0.2, 0.25) is 0 Å². The molecule has 0 saturated carbocycles. The van der Waals surface area contributed by atoms with E-state index in [2.05, 4.69) is 15.9 Å². The van der Waals surface area contributed by atoms with Crippen molar-refractivity contribution < 1.29 is 22.3 Å². The van der Waals surface area contributed by atoms with Crippen LogP contribution < -0.4 is 4.74 Å². The van der Waals surface area contributed by atoms with E-state index in [-0.39, 0.29) is 6.61 Å². The van der Waals surface area contributed by atoms with Gasteiger partial charge in [0.15, 0.2) is 0 Å². The van der Waals surface area contributed by atoms with Crippen molar-refractivity contribution >= 4 is 15.9 Å². The third-order valence-corrected chi connectivity index (χ3v) is 1.91. The molecule has 0 fully saturated rings. The number of hydrogen-bond donors (Lipinski definition) is 0. The number of halogens is 5. The average molecular weight is 287 g/mol. The minimum Gasteiger partial charge on any atom is -0.492 e. The van der Waals surface area contributed by atoms with Gasteiger partial charge in [0.1, 0.15) is 11.6 Å². The van der Waals surface area contributed by atoms with Crippen LogP contribution in [0.25, 0.3) is 0 Å². The molecule has 1 aromatic carbocycles. The van der Waals surface area contributed by atoms with E-state index in [1.807, 2.05) is 0 Å². The van der Waals surface area contributed by atoms with E-state index < -0.39 is 23.3 Å². The zero-order chi connectivity index (χ0) is 11.5. The Hall–Kier alpha value is -0.780. The molecule has 0 aromatic heterocycles. The molecule has 0 radical (unpaired) electrons. The third kappa shape index (κ3) is 3.37. The lowest BCUT2D eigenvalue weighted by Crippen LogP contribution is -2.10. The number of ether oxygens (including phenoxy) is 1. The van der Waals surface area contributed by atoms with Crippen LogP contribution in [-0.4, -0.2) is 11.9 Å². The fourth-order valence-electron chi connectivity index (χ4n) is 0.998. The Morgan fingerprint density at radius 3 is 2.47 bits per heavy atom. The number of alkyl halides is 4. The highest BCUT2D eigenvalue weighted by Crippen LogP contribution is 2.36. The van der Waals surface area contributed by atoms with Gasteiger partial charge in [-0.05, 0) is 12.1 Å². The zero-order valence-corrected chi connectivity index (χ0v) is 9.03. The van der Waals surface area contributed by atoms with Crippen LogP contribution in [0.1, 0.15) is 5.56 Å². The summed E-state index contributed by atoms with van der Waals surface area (Å²) in [5.41, 5.74) is -0.968. The van der Waals surface area contributed by atoms with Crippen molar-refractivity contribution in [2.45, 2.75) is 6.18 Å². The van der Waals surface area contributed by atoms with Gasteiger partial charge in [0.25, 0.3) is 0 Å². The van der Waals surface area contributed by atoms with Gasteiger partial charge in [-0.15, -0.1) is 0 Å². The van der Waals surface area contributed by atoms with E-state index in [9.17, 15) is 17.6 Å². The van der Waals surface area contributed by atoms with E-state index in [0.29, 0.717) is 11.4 Å². The van der Waals surface area contributed by atoms with Crippen LogP contribution in [0.15, 0.2) is 18.2 Å². The monoisotopic (exact) mass is 286 g/mol. The zero-order valence-electron chi connectivity index (χ0n) is 7.44. The topological polar surface area (TPSA) is 9.23 Å². The predicted octanol–water partition coefficient (Wildman–Crippen LogP) is 3.62. The molecule has 0 bridgehead atoms. The number of benzene rings is 1. The van der Waals surface area contributed by atoms with Gasteiger partial charge in [-0.1, -0.05) is 15.9 Å². The van der Waals surface area contributed by atoms with Crippen molar-refractivity contribution in [1.82, 2.24) is 0 Å². The summed E-state index contributed by atoms with van der Waals surface area (Å²) in [6.45, 7) is 0.0481. The van der Waals surface area contributed by atoms with Gasteiger partial charge in [-0.2, -0.15) is 13.2 Å². The maximum Gasteiger partial charge on any atom is 0.419 e. The molecule has 0 atom stereocenters. The van der Waals surface area contributed by atoms with E-state index in [1.54, 1.807) is 0 Å². The van der Waals surface area contributed by atoms with Gasteiger partial charge in [-0.3, -0.25) is 0 Å². The van der Waals surface area contributed by atoms with E-state index >= 15 is 0 Å². The summed E-state index contributed by atoms with van der Waals surface area (Å²) < 4.78 is 54.7. The Bertz CT molecular complexity index is 337. The summed E-state index contributed by atoms with van der Waals surface area (Å²) in [4.78, 5) is 0. The smallest absolute Gasteiger partial charge is 0.419 e.